The molecule has 0 radical (unpaired) electrons. The van der Waals surface area contributed by atoms with E-state index in [1.54, 1.807) is 0 Å². The number of aliphatic hydroxyl groups is 1. The standard InChI is InChI=1S/C31H52O/c1-9-31-17-12-21(20(2)3)26(31)22-10-11-24-28(6)15-14-25(32)27(4,5)23(28)13-16-30(24,8)29(22,7)18-19-31/h21-26,32H,2,9-19H2,1,3-8H3/t21-,22?,23?,24?,25?,26?,28?,29+,30?,31?/m0/s1. The molecule has 1 heteroatoms. The first-order chi connectivity index (χ1) is 14.9. The first-order valence-electron chi connectivity index (χ1n) is 14.2. The molecule has 0 bridgehead atoms. The van der Waals surface area contributed by atoms with Gasteiger partial charge in [0.15, 0.2) is 0 Å². The Bertz CT molecular complexity index is 781. The Labute approximate surface area is 199 Å². The molecule has 8 unspecified atom stereocenters. The Hall–Kier alpha value is -0.300. The van der Waals surface area contributed by atoms with E-state index in [0.29, 0.717) is 27.6 Å². The molecular formula is C31H52O. The van der Waals surface area contributed by atoms with Crippen molar-refractivity contribution in [3.63, 3.8) is 0 Å². The summed E-state index contributed by atoms with van der Waals surface area (Å²) in [6.45, 7) is 22.2. The second kappa shape index (κ2) is 7.11. The fraction of sp³-hybridized carbons (Fsp3) is 0.935. The van der Waals surface area contributed by atoms with Crippen LogP contribution in [0.3, 0.4) is 0 Å². The number of rotatable bonds is 2. The first kappa shape index (κ1) is 23.4. The molecule has 0 heterocycles. The van der Waals surface area contributed by atoms with E-state index in [1.165, 1.54) is 69.8 Å². The Morgan fingerprint density at radius 3 is 2.19 bits per heavy atom. The summed E-state index contributed by atoms with van der Waals surface area (Å²) < 4.78 is 0. The van der Waals surface area contributed by atoms with E-state index >= 15 is 0 Å². The fourth-order valence-electron chi connectivity index (χ4n) is 11.9. The zero-order valence-electron chi connectivity index (χ0n) is 22.4. The lowest BCUT2D eigenvalue weighted by atomic mass is 9.32. The number of hydrogen-bond donors (Lipinski definition) is 1. The van der Waals surface area contributed by atoms with Gasteiger partial charge in [-0.15, -0.1) is 0 Å². The maximum atomic E-state index is 10.9. The molecule has 0 aromatic rings. The number of fused-ring (bicyclic) bond motifs is 7. The number of aliphatic hydroxyl groups excluding tert-OH is 1. The third-order valence-electron chi connectivity index (χ3n) is 13.9. The van der Waals surface area contributed by atoms with Crippen LogP contribution < -0.4 is 0 Å². The number of allylic oxidation sites excluding steroid dienone is 1. The molecule has 5 rings (SSSR count). The van der Waals surface area contributed by atoms with Crippen molar-refractivity contribution in [2.24, 2.45) is 56.7 Å². The van der Waals surface area contributed by atoms with Crippen LogP contribution in [-0.4, -0.2) is 11.2 Å². The molecular weight excluding hydrogens is 388 g/mol. The molecule has 182 valence electrons. The molecule has 5 fully saturated rings. The van der Waals surface area contributed by atoms with Crippen LogP contribution in [0, 0.1) is 56.7 Å². The van der Waals surface area contributed by atoms with Crippen LogP contribution in [0.1, 0.15) is 119 Å². The summed E-state index contributed by atoms with van der Waals surface area (Å²) in [4.78, 5) is 0. The van der Waals surface area contributed by atoms with Crippen molar-refractivity contribution in [2.45, 2.75) is 125 Å². The minimum absolute atomic E-state index is 0.0620. The molecule has 0 aromatic heterocycles. The second-order valence-corrected chi connectivity index (χ2v) is 14.8. The van der Waals surface area contributed by atoms with E-state index in [9.17, 15) is 5.11 Å². The topological polar surface area (TPSA) is 20.2 Å². The van der Waals surface area contributed by atoms with Crippen LogP contribution in [0.15, 0.2) is 12.2 Å². The summed E-state index contributed by atoms with van der Waals surface area (Å²) in [6.07, 6.45) is 14.8. The van der Waals surface area contributed by atoms with Crippen molar-refractivity contribution in [3.05, 3.63) is 12.2 Å². The van der Waals surface area contributed by atoms with Crippen LogP contribution in [0.2, 0.25) is 0 Å². The monoisotopic (exact) mass is 440 g/mol. The highest BCUT2D eigenvalue weighted by atomic mass is 16.3. The van der Waals surface area contributed by atoms with Crippen molar-refractivity contribution in [3.8, 4) is 0 Å². The van der Waals surface area contributed by atoms with Gasteiger partial charge < -0.3 is 5.11 Å². The summed E-state index contributed by atoms with van der Waals surface area (Å²) in [6, 6.07) is 0. The zero-order valence-corrected chi connectivity index (χ0v) is 22.4. The van der Waals surface area contributed by atoms with Gasteiger partial charge in [0.05, 0.1) is 6.10 Å². The van der Waals surface area contributed by atoms with Gasteiger partial charge in [-0.1, -0.05) is 60.1 Å². The van der Waals surface area contributed by atoms with Crippen LogP contribution in [-0.2, 0) is 0 Å². The van der Waals surface area contributed by atoms with Gasteiger partial charge in [0.2, 0.25) is 0 Å². The van der Waals surface area contributed by atoms with Crippen LogP contribution in [0.4, 0.5) is 0 Å². The Morgan fingerprint density at radius 2 is 1.53 bits per heavy atom. The third kappa shape index (κ3) is 2.67. The molecule has 0 spiro atoms. The van der Waals surface area contributed by atoms with Gasteiger partial charge in [-0.25, -0.2) is 0 Å². The summed E-state index contributed by atoms with van der Waals surface area (Å²) in [7, 11) is 0. The first-order valence-corrected chi connectivity index (χ1v) is 14.2. The SMILES string of the molecule is C=C(C)[C@@H]1CCC2(CC)CC[C@]3(C)C(CCC4C5(C)CCC(O)C(C)(C)C5CCC43C)C12. The van der Waals surface area contributed by atoms with Crippen molar-refractivity contribution in [2.75, 3.05) is 0 Å². The molecule has 5 saturated carbocycles. The molecule has 0 amide bonds. The molecule has 1 nitrogen and oxygen atoms in total. The maximum Gasteiger partial charge on any atom is 0.0594 e. The Morgan fingerprint density at radius 1 is 0.812 bits per heavy atom. The molecule has 0 aliphatic heterocycles. The van der Waals surface area contributed by atoms with Crippen LogP contribution >= 0.6 is 0 Å². The van der Waals surface area contributed by atoms with Crippen LogP contribution in [0.25, 0.3) is 0 Å². The highest BCUT2D eigenvalue weighted by Gasteiger charge is 2.70. The van der Waals surface area contributed by atoms with Gasteiger partial charge in [0.1, 0.15) is 0 Å². The lowest BCUT2D eigenvalue weighted by Crippen LogP contribution is -2.66. The lowest BCUT2D eigenvalue weighted by molar-refractivity contribution is -0.247. The highest BCUT2D eigenvalue weighted by molar-refractivity contribution is 5.21. The summed E-state index contributed by atoms with van der Waals surface area (Å²) in [5.74, 6) is 4.00. The minimum Gasteiger partial charge on any atom is -0.393 e. The molecule has 10 atom stereocenters. The quantitative estimate of drug-likeness (QED) is 0.427. The van der Waals surface area contributed by atoms with E-state index < -0.39 is 0 Å². The molecule has 0 aromatic carbocycles. The maximum absolute atomic E-state index is 10.9. The van der Waals surface area contributed by atoms with Gasteiger partial charge in [-0.3, -0.25) is 0 Å². The molecule has 5 aliphatic carbocycles. The lowest BCUT2D eigenvalue weighted by Gasteiger charge is -2.73. The predicted octanol–water partition coefficient (Wildman–Crippen LogP) is 8.41. The van der Waals surface area contributed by atoms with Gasteiger partial charge in [-0.05, 0) is 128 Å². The van der Waals surface area contributed by atoms with E-state index in [0.717, 1.165) is 30.1 Å². The largest absolute Gasteiger partial charge is 0.393 e. The second-order valence-electron chi connectivity index (χ2n) is 14.8. The van der Waals surface area contributed by atoms with E-state index in [-0.39, 0.29) is 11.5 Å². The fourth-order valence-corrected chi connectivity index (χ4v) is 11.9. The summed E-state index contributed by atoms with van der Waals surface area (Å²) in [5.41, 5.74) is 3.43. The van der Waals surface area contributed by atoms with E-state index in [1.807, 2.05) is 0 Å². The van der Waals surface area contributed by atoms with E-state index in [4.69, 9.17) is 0 Å². The summed E-state index contributed by atoms with van der Waals surface area (Å²) >= 11 is 0. The van der Waals surface area contributed by atoms with Gasteiger partial charge in [-0.2, -0.15) is 0 Å². The zero-order chi connectivity index (χ0) is 23.3. The normalized spacial score (nSPS) is 56.5. The average Bonchev–Trinajstić information content (AvgIpc) is 3.12. The van der Waals surface area contributed by atoms with Crippen molar-refractivity contribution >= 4 is 0 Å². The van der Waals surface area contributed by atoms with Gasteiger partial charge >= 0.3 is 0 Å². The molecule has 1 N–H and O–H groups in total. The minimum atomic E-state index is -0.119. The van der Waals surface area contributed by atoms with Crippen molar-refractivity contribution in [1.82, 2.24) is 0 Å². The predicted molar refractivity (Wildman–Crippen MR) is 135 cm³/mol. The summed E-state index contributed by atoms with van der Waals surface area (Å²) in [5, 5.41) is 10.9. The number of hydrogen-bond acceptors (Lipinski definition) is 1. The van der Waals surface area contributed by atoms with Gasteiger partial charge in [0.25, 0.3) is 0 Å². The van der Waals surface area contributed by atoms with Crippen molar-refractivity contribution in [1.29, 1.82) is 0 Å². The Balaban J connectivity index is 1.55. The smallest absolute Gasteiger partial charge is 0.0594 e. The van der Waals surface area contributed by atoms with Gasteiger partial charge in [0, 0.05) is 0 Å². The van der Waals surface area contributed by atoms with Crippen LogP contribution in [0.5, 0.6) is 0 Å². The molecule has 32 heavy (non-hydrogen) atoms. The molecule has 5 aliphatic rings. The average molecular weight is 441 g/mol. The molecule has 0 saturated heterocycles. The van der Waals surface area contributed by atoms with Crippen molar-refractivity contribution < 1.29 is 5.11 Å². The Kier molecular flexibility index (Phi) is 5.21. The third-order valence-corrected chi connectivity index (χ3v) is 13.9. The van der Waals surface area contributed by atoms with E-state index in [2.05, 4.69) is 55.0 Å². The highest BCUT2D eigenvalue weighted by Crippen LogP contribution is 2.77.